The molecule has 3 aromatic rings. The Hall–Kier alpha value is -3.01. The van der Waals surface area contributed by atoms with Gasteiger partial charge in [0, 0.05) is 17.0 Å². The lowest BCUT2D eigenvalue weighted by Crippen LogP contribution is -2.37. The van der Waals surface area contributed by atoms with Crippen molar-refractivity contribution in [3.05, 3.63) is 78.1 Å². The van der Waals surface area contributed by atoms with Gasteiger partial charge in [-0.25, -0.2) is 4.79 Å². The second-order valence-corrected chi connectivity index (χ2v) is 6.20. The lowest BCUT2D eigenvalue weighted by atomic mass is 10.1. The first-order valence-corrected chi connectivity index (χ1v) is 8.25. The summed E-state index contributed by atoms with van der Waals surface area (Å²) in [5.74, 6) is -0.387. The average Bonchev–Trinajstić information content (AvgIpc) is 2.61. The van der Waals surface area contributed by atoms with Gasteiger partial charge in [-0.3, -0.25) is 4.79 Å². The van der Waals surface area contributed by atoms with Crippen LogP contribution in [-0.2, 0) is 11.3 Å². The molecule has 1 heterocycles. The zero-order valence-corrected chi connectivity index (χ0v) is 14.3. The Kier molecular flexibility index (Phi) is 4.89. The molecule has 0 fully saturated rings. The van der Waals surface area contributed by atoms with Gasteiger partial charge in [-0.15, -0.1) is 0 Å². The highest BCUT2D eigenvalue weighted by Crippen LogP contribution is 2.11. The number of aromatic nitrogens is 1. The number of pyridine rings is 1. The smallest absolute Gasteiger partial charge is 0.338 e. The van der Waals surface area contributed by atoms with Crippen LogP contribution in [0, 0.1) is 0 Å². The lowest BCUT2D eigenvalue weighted by molar-refractivity contribution is -0.681. The molecule has 0 bridgehead atoms. The molecular formula is C21H20NO3+. The second kappa shape index (κ2) is 7.26. The number of Topliss-reactive ketones (excluding diaryl/α,β-unsaturated/α-hetero) is 1. The van der Waals surface area contributed by atoms with E-state index in [4.69, 9.17) is 4.74 Å². The fourth-order valence-electron chi connectivity index (χ4n) is 2.61. The van der Waals surface area contributed by atoms with Crippen LogP contribution < -0.4 is 4.57 Å². The molecule has 2 aromatic carbocycles. The maximum Gasteiger partial charge on any atom is 0.338 e. The van der Waals surface area contributed by atoms with Gasteiger partial charge in [-0.1, -0.05) is 30.3 Å². The van der Waals surface area contributed by atoms with Crippen LogP contribution in [0.25, 0.3) is 10.8 Å². The van der Waals surface area contributed by atoms with Gasteiger partial charge in [0.15, 0.2) is 12.4 Å². The van der Waals surface area contributed by atoms with Crippen molar-refractivity contribution in [1.29, 1.82) is 0 Å². The molecule has 4 heteroatoms. The highest BCUT2D eigenvalue weighted by molar-refractivity contribution is 5.97. The number of nitrogens with zero attached hydrogens (tertiary/aromatic N) is 1. The second-order valence-electron chi connectivity index (χ2n) is 6.20. The number of hydrogen-bond donors (Lipinski definition) is 0. The van der Waals surface area contributed by atoms with E-state index in [9.17, 15) is 9.59 Å². The van der Waals surface area contributed by atoms with Crippen LogP contribution in [0.5, 0.6) is 0 Å². The van der Waals surface area contributed by atoms with Crippen LogP contribution >= 0.6 is 0 Å². The van der Waals surface area contributed by atoms with E-state index in [0.717, 1.165) is 10.8 Å². The summed E-state index contributed by atoms with van der Waals surface area (Å²) in [6.45, 7) is 3.85. The summed E-state index contributed by atoms with van der Waals surface area (Å²) in [4.78, 5) is 24.3. The molecule has 0 unspecified atom stereocenters. The first-order chi connectivity index (χ1) is 12.0. The van der Waals surface area contributed by atoms with Crippen LogP contribution in [0.1, 0.15) is 34.6 Å². The van der Waals surface area contributed by atoms with Crippen molar-refractivity contribution < 1.29 is 18.9 Å². The Morgan fingerprint density at radius 1 is 0.920 bits per heavy atom. The molecule has 126 valence electrons. The number of ketones is 1. The van der Waals surface area contributed by atoms with Gasteiger partial charge >= 0.3 is 5.97 Å². The molecule has 0 radical (unpaired) electrons. The predicted molar refractivity (Wildman–Crippen MR) is 95.5 cm³/mol. The van der Waals surface area contributed by atoms with E-state index in [-0.39, 0.29) is 24.4 Å². The van der Waals surface area contributed by atoms with Gasteiger partial charge in [-0.05, 0) is 37.4 Å². The van der Waals surface area contributed by atoms with Crippen LogP contribution in [0.15, 0.2) is 67.0 Å². The minimum atomic E-state index is -0.377. The number of carbonyl (C=O) groups excluding carboxylic acids is 2. The van der Waals surface area contributed by atoms with E-state index in [2.05, 4.69) is 0 Å². The lowest BCUT2D eigenvalue weighted by Gasteiger charge is -2.07. The van der Waals surface area contributed by atoms with Gasteiger partial charge in [0.25, 0.3) is 0 Å². The minimum Gasteiger partial charge on any atom is -0.459 e. The van der Waals surface area contributed by atoms with Crippen molar-refractivity contribution in [2.24, 2.45) is 0 Å². The highest BCUT2D eigenvalue weighted by Gasteiger charge is 2.14. The number of carbonyl (C=O) groups is 2. The quantitative estimate of drug-likeness (QED) is 0.407. The largest absolute Gasteiger partial charge is 0.459 e. The zero-order chi connectivity index (χ0) is 17.8. The molecule has 0 N–H and O–H groups in total. The van der Waals surface area contributed by atoms with Crippen molar-refractivity contribution in [3.63, 3.8) is 0 Å². The number of hydrogen-bond acceptors (Lipinski definition) is 3. The predicted octanol–water partition coefficient (Wildman–Crippen LogP) is 3.58. The molecule has 0 aliphatic rings. The third-order valence-corrected chi connectivity index (χ3v) is 3.86. The van der Waals surface area contributed by atoms with Crippen molar-refractivity contribution in [3.8, 4) is 0 Å². The van der Waals surface area contributed by atoms with Crippen LogP contribution in [0.2, 0.25) is 0 Å². The summed E-state index contributed by atoms with van der Waals surface area (Å²) in [6.07, 6.45) is 3.69. The Balaban J connectivity index is 1.73. The molecule has 0 saturated heterocycles. The third-order valence-electron chi connectivity index (χ3n) is 3.86. The summed E-state index contributed by atoms with van der Waals surface area (Å²) >= 11 is 0. The molecule has 1 aromatic heterocycles. The van der Waals surface area contributed by atoms with Crippen molar-refractivity contribution >= 4 is 22.5 Å². The monoisotopic (exact) mass is 334 g/mol. The molecular weight excluding hydrogens is 314 g/mol. The molecule has 4 nitrogen and oxygen atoms in total. The summed E-state index contributed by atoms with van der Waals surface area (Å²) in [6, 6.07) is 16.6. The number of esters is 1. The van der Waals surface area contributed by atoms with Gasteiger partial charge in [-0.2, -0.15) is 4.57 Å². The molecule has 3 rings (SSSR count). The number of rotatable bonds is 5. The van der Waals surface area contributed by atoms with Gasteiger partial charge in [0.05, 0.1) is 11.7 Å². The molecule has 0 aliphatic heterocycles. The van der Waals surface area contributed by atoms with E-state index in [1.807, 2.05) is 47.3 Å². The van der Waals surface area contributed by atoms with Crippen molar-refractivity contribution in [2.45, 2.75) is 26.5 Å². The maximum atomic E-state index is 12.5. The average molecular weight is 334 g/mol. The fourth-order valence-corrected chi connectivity index (χ4v) is 2.61. The van der Waals surface area contributed by atoms with Crippen molar-refractivity contribution in [2.75, 3.05) is 0 Å². The molecule has 0 atom stereocenters. The van der Waals surface area contributed by atoms with E-state index in [1.54, 1.807) is 38.1 Å². The zero-order valence-electron chi connectivity index (χ0n) is 14.3. The number of benzene rings is 2. The summed E-state index contributed by atoms with van der Waals surface area (Å²) in [7, 11) is 0. The van der Waals surface area contributed by atoms with E-state index in [0.29, 0.717) is 11.1 Å². The van der Waals surface area contributed by atoms with E-state index >= 15 is 0 Å². The third kappa shape index (κ3) is 4.10. The molecule has 25 heavy (non-hydrogen) atoms. The summed E-state index contributed by atoms with van der Waals surface area (Å²) < 4.78 is 7.01. The Morgan fingerprint density at radius 3 is 2.24 bits per heavy atom. The first kappa shape index (κ1) is 16.8. The normalized spacial score (nSPS) is 10.8. The Bertz CT molecular complexity index is 914. The molecule has 0 spiro atoms. The van der Waals surface area contributed by atoms with Crippen LogP contribution in [0.3, 0.4) is 0 Å². The highest BCUT2D eigenvalue weighted by atomic mass is 16.5. The number of ether oxygens (including phenoxy) is 1. The molecule has 0 amide bonds. The number of fused-ring (bicyclic) bond motifs is 1. The summed E-state index contributed by atoms with van der Waals surface area (Å²) in [5.41, 5.74) is 1.02. The Morgan fingerprint density at radius 2 is 1.56 bits per heavy atom. The van der Waals surface area contributed by atoms with Gasteiger partial charge in [0.1, 0.15) is 0 Å². The SMILES string of the molecule is CC(C)OC(=O)c1ccc(C(=O)C[n+]2ccc3ccccc3c2)cc1. The topological polar surface area (TPSA) is 47.3 Å². The van der Waals surface area contributed by atoms with Crippen LogP contribution in [-0.4, -0.2) is 17.9 Å². The van der Waals surface area contributed by atoms with E-state index < -0.39 is 0 Å². The standard InChI is InChI=1S/C21H20NO3/c1-15(2)25-21(24)18-9-7-17(8-10-18)20(23)14-22-12-11-16-5-3-4-6-19(16)13-22/h3-13,15H,14H2,1-2H3/q+1. The fraction of sp³-hybridized carbons (Fsp3) is 0.190. The maximum absolute atomic E-state index is 12.5. The van der Waals surface area contributed by atoms with Gasteiger partial charge in [0.2, 0.25) is 12.3 Å². The molecule has 0 aliphatic carbocycles. The minimum absolute atomic E-state index is 0.0101. The van der Waals surface area contributed by atoms with Crippen molar-refractivity contribution in [1.82, 2.24) is 0 Å². The van der Waals surface area contributed by atoms with Crippen LogP contribution in [0.4, 0.5) is 0 Å². The van der Waals surface area contributed by atoms with Gasteiger partial charge < -0.3 is 4.74 Å². The Labute approximate surface area is 146 Å². The molecule has 0 saturated carbocycles. The van der Waals surface area contributed by atoms with E-state index in [1.165, 1.54) is 0 Å². The summed E-state index contributed by atoms with van der Waals surface area (Å²) in [5, 5.41) is 2.23. The first-order valence-electron chi connectivity index (χ1n) is 8.25.